The third-order valence-corrected chi connectivity index (χ3v) is 2.04. The third kappa shape index (κ3) is 1.61. The molecule has 15 heavy (non-hydrogen) atoms. The maximum Gasteiger partial charge on any atom is 0.439 e. The molecule has 0 amide bonds. The lowest BCUT2D eigenvalue weighted by atomic mass is 10.1. The number of aromatic nitrogens is 3. The lowest BCUT2D eigenvalue weighted by molar-refractivity contribution is 0.388. The van der Waals surface area contributed by atoms with E-state index >= 15 is 0 Å². The van der Waals surface area contributed by atoms with Gasteiger partial charge in [0.2, 0.25) is 0 Å². The van der Waals surface area contributed by atoms with E-state index in [0.29, 0.717) is 5.56 Å². The van der Waals surface area contributed by atoms with Crippen LogP contribution in [0.2, 0.25) is 0 Å². The Morgan fingerprint density at radius 3 is 2.53 bits per heavy atom. The lowest BCUT2D eigenvalue weighted by Crippen LogP contribution is -2.13. The normalized spacial score (nSPS) is 10.5. The Kier molecular flexibility index (Phi) is 2.03. The topological polar surface area (TPSA) is 91.8 Å². The van der Waals surface area contributed by atoms with Crippen LogP contribution in [-0.4, -0.2) is 15.1 Å². The largest absolute Gasteiger partial charge is 0.439 e. The maximum absolute atomic E-state index is 11.6. The predicted molar refractivity (Wildman–Crippen MR) is 52.7 cm³/mol. The molecule has 0 fully saturated rings. The summed E-state index contributed by atoms with van der Waals surface area (Å²) in [5.74, 6) is -0.525. The summed E-state index contributed by atoms with van der Waals surface area (Å²) in [6, 6.07) is 1.80. The highest BCUT2D eigenvalue weighted by molar-refractivity contribution is 5.57. The number of hydrogen-bond acceptors (Lipinski definition) is 4. The first-order valence-electron chi connectivity index (χ1n) is 4.35. The fourth-order valence-electron chi connectivity index (χ4n) is 1.49. The highest BCUT2D eigenvalue weighted by Crippen LogP contribution is 2.13. The zero-order valence-corrected chi connectivity index (χ0v) is 8.25. The van der Waals surface area contributed by atoms with Crippen LogP contribution in [0, 0.1) is 13.8 Å². The van der Waals surface area contributed by atoms with Crippen molar-refractivity contribution in [1.82, 2.24) is 15.1 Å². The number of nitrogens with zero attached hydrogens (tertiary/aromatic N) is 1. The number of pyridine rings is 1. The molecule has 0 spiro atoms. The van der Waals surface area contributed by atoms with Crippen molar-refractivity contribution in [2.24, 2.45) is 0 Å². The van der Waals surface area contributed by atoms with Crippen LogP contribution in [-0.2, 0) is 0 Å². The van der Waals surface area contributed by atoms with Crippen molar-refractivity contribution in [3.63, 3.8) is 0 Å². The van der Waals surface area contributed by atoms with Gasteiger partial charge < -0.3 is 4.98 Å². The van der Waals surface area contributed by atoms with E-state index in [2.05, 4.69) is 19.6 Å². The van der Waals surface area contributed by atoms with Gasteiger partial charge in [0.25, 0.3) is 5.56 Å². The summed E-state index contributed by atoms with van der Waals surface area (Å²) in [5, 5.41) is 3.47. The summed E-state index contributed by atoms with van der Waals surface area (Å²) >= 11 is 0. The van der Waals surface area contributed by atoms with Gasteiger partial charge in [-0.1, -0.05) is 5.16 Å². The summed E-state index contributed by atoms with van der Waals surface area (Å²) in [6.07, 6.45) is 0. The number of aromatic amines is 2. The monoisotopic (exact) mass is 207 g/mol. The minimum atomic E-state index is -0.677. The van der Waals surface area contributed by atoms with Gasteiger partial charge in [0.15, 0.2) is 5.82 Å². The zero-order chi connectivity index (χ0) is 11.0. The molecule has 0 bridgehead atoms. The highest BCUT2D eigenvalue weighted by Gasteiger charge is 2.12. The molecule has 2 N–H and O–H groups in total. The third-order valence-electron chi connectivity index (χ3n) is 2.04. The summed E-state index contributed by atoms with van der Waals surface area (Å²) in [4.78, 5) is 27.3. The van der Waals surface area contributed by atoms with Crippen molar-refractivity contribution in [2.45, 2.75) is 13.8 Å². The molecule has 78 valence electrons. The summed E-state index contributed by atoms with van der Waals surface area (Å²) in [5.41, 5.74) is 1.52. The summed E-state index contributed by atoms with van der Waals surface area (Å²) < 4.78 is 4.35. The first kappa shape index (κ1) is 9.45. The van der Waals surface area contributed by atoms with Gasteiger partial charge in [-0.15, -0.1) is 0 Å². The number of aryl methyl sites for hydroxylation is 2. The first-order chi connectivity index (χ1) is 7.08. The fourth-order valence-corrected chi connectivity index (χ4v) is 1.49. The average molecular weight is 207 g/mol. The Labute approximate surface area is 83.9 Å². The Bertz CT molecular complexity index is 606. The molecule has 0 aliphatic heterocycles. The molecule has 2 aromatic heterocycles. The van der Waals surface area contributed by atoms with Gasteiger partial charge in [0.1, 0.15) is 0 Å². The van der Waals surface area contributed by atoms with Crippen molar-refractivity contribution in [2.75, 3.05) is 0 Å². The standard InChI is InChI=1S/C9H9N3O3/c1-4-3-5(2)10-8(13)6(4)7-11-9(14)15-12-7/h3H,1-2H3,(H,10,13)(H,11,12,14). The van der Waals surface area contributed by atoms with Crippen LogP contribution in [0.25, 0.3) is 11.4 Å². The quantitative estimate of drug-likeness (QED) is 0.705. The first-order valence-corrected chi connectivity index (χ1v) is 4.35. The number of nitrogens with one attached hydrogen (secondary N) is 2. The molecule has 0 aliphatic carbocycles. The van der Waals surface area contributed by atoms with E-state index in [1.807, 2.05) is 0 Å². The van der Waals surface area contributed by atoms with Gasteiger partial charge in [-0.3, -0.25) is 14.3 Å². The predicted octanol–water partition coefficient (Wildman–Crippen LogP) is 0.335. The van der Waals surface area contributed by atoms with Crippen LogP contribution >= 0.6 is 0 Å². The molecule has 0 saturated carbocycles. The van der Waals surface area contributed by atoms with E-state index in [9.17, 15) is 9.59 Å². The van der Waals surface area contributed by atoms with Crippen LogP contribution in [0.4, 0.5) is 0 Å². The second-order valence-electron chi connectivity index (χ2n) is 3.28. The number of hydrogen-bond donors (Lipinski definition) is 2. The van der Waals surface area contributed by atoms with Gasteiger partial charge in [-0.05, 0) is 25.5 Å². The van der Waals surface area contributed by atoms with E-state index in [1.165, 1.54) is 0 Å². The maximum atomic E-state index is 11.6. The minimum absolute atomic E-state index is 0.152. The van der Waals surface area contributed by atoms with Gasteiger partial charge in [0.05, 0.1) is 5.56 Å². The molecule has 0 aliphatic rings. The van der Waals surface area contributed by atoms with Gasteiger partial charge in [0, 0.05) is 5.69 Å². The number of rotatable bonds is 1. The molecule has 2 heterocycles. The molecule has 0 aromatic carbocycles. The Balaban J connectivity index is 2.73. The van der Waals surface area contributed by atoms with Crippen LogP contribution in [0.1, 0.15) is 11.3 Å². The molecule has 6 nitrogen and oxygen atoms in total. The molecular formula is C9H9N3O3. The van der Waals surface area contributed by atoms with Crippen molar-refractivity contribution in [1.29, 1.82) is 0 Å². The minimum Gasteiger partial charge on any atom is -0.326 e. The van der Waals surface area contributed by atoms with E-state index in [4.69, 9.17) is 0 Å². The second-order valence-corrected chi connectivity index (χ2v) is 3.28. The van der Waals surface area contributed by atoms with E-state index < -0.39 is 5.76 Å². The van der Waals surface area contributed by atoms with Gasteiger partial charge in [-0.25, -0.2) is 4.79 Å². The molecular weight excluding hydrogens is 198 g/mol. The van der Waals surface area contributed by atoms with Crippen LogP contribution < -0.4 is 11.3 Å². The van der Waals surface area contributed by atoms with Crippen molar-refractivity contribution < 1.29 is 4.52 Å². The molecule has 0 atom stereocenters. The molecule has 2 rings (SSSR count). The Morgan fingerprint density at radius 2 is 2.00 bits per heavy atom. The van der Waals surface area contributed by atoms with Crippen molar-refractivity contribution >= 4 is 0 Å². The van der Waals surface area contributed by atoms with Crippen LogP contribution in [0.5, 0.6) is 0 Å². The highest BCUT2D eigenvalue weighted by atomic mass is 16.5. The van der Waals surface area contributed by atoms with Crippen molar-refractivity contribution in [3.8, 4) is 11.4 Å². The summed E-state index contributed by atoms with van der Waals surface area (Å²) in [6.45, 7) is 3.55. The molecule has 0 saturated heterocycles. The average Bonchev–Trinajstić information content (AvgIpc) is 2.49. The van der Waals surface area contributed by atoms with E-state index in [1.54, 1.807) is 19.9 Å². The van der Waals surface area contributed by atoms with Gasteiger partial charge >= 0.3 is 5.76 Å². The summed E-state index contributed by atoms with van der Waals surface area (Å²) in [7, 11) is 0. The molecule has 2 aromatic rings. The fraction of sp³-hybridized carbons (Fsp3) is 0.222. The SMILES string of the molecule is Cc1cc(C)c(-c2noc(=O)[nH]2)c(=O)[nH]1. The Hall–Kier alpha value is -2.11. The molecule has 6 heteroatoms. The van der Waals surface area contributed by atoms with E-state index in [-0.39, 0.29) is 11.4 Å². The van der Waals surface area contributed by atoms with E-state index in [0.717, 1.165) is 11.3 Å². The van der Waals surface area contributed by atoms with Crippen molar-refractivity contribution in [3.05, 3.63) is 38.2 Å². The Morgan fingerprint density at radius 1 is 1.27 bits per heavy atom. The smallest absolute Gasteiger partial charge is 0.326 e. The molecule has 0 unspecified atom stereocenters. The van der Waals surface area contributed by atoms with Gasteiger partial charge in [-0.2, -0.15) is 0 Å². The lowest BCUT2D eigenvalue weighted by Gasteiger charge is -2.01. The molecule has 0 radical (unpaired) electrons. The zero-order valence-electron chi connectivity index (χ0n) is 8.25. The van der Waals surface area contributed by atoms with Crippen LogP contribution in [0.15, 0.2) is 20.2 Å². The second kappa shape index (κ2) is 3.23. The van der Waals surface area contributed by atoms with Crippen LogP contribution in [0.3, 0.4) is 0 Å². The number of H-pyrrole nitrogens is 2.